The molecule has 0 amide bonds. The van der Waals surface area contributed by atoms with Gasteiger partial charge >= 0.3 is 5.97 Å². The molecule has 1 rings (SSSR count). The average molecular weight is 229 g/mol. The first kappa shape index (κ1) is 12.3. The van der Waals surface area contributed by atoms with Gasteiger partial charge in [0.2, 0.25) is 0 Å². The fourth-order valence-electron chi connectivity index (χ4n) is 1.18. The number of carboxylic acid groups (broad SMARTS) is 1. The van der Waals surface area contributed by atoms with E-state index in [0.717, 1.165) is 0 Å². The lowest BCUT2D eigenvalue weighted by Crippen LogP contribution is -2.20. The number of benzene rings is 1. The van der Waals surface area contributed by atoms with E-state index in [1.54, 1.807) is 0 Å². The Labute approximate surface area is 89.9 Å². The monoisotopic (exact) mass is 229 g/mol. The van der Waals surface area contributed by atoms with Crippen LogP contribution in [0.15, 0.2) is 12.1 Å². The molecule has 0 bridgehead atoms. The molecule has 0 heterocycles. The molecule has 0 fully saturated rings. The molecule has 6 heteroatoms. The maximum absolute atomic E-state index is 13.3. The van der Waals surface area contributed by atoms with Crippen molar-refractivity contribution in [2.45, 2.75) is 0 Å². The molecule has 16 heavy (non-hydrogen) atoms. The lowest BCUT2D eigenvalue weighted by molar-refractivity contribution is 0.0690. The van der Waals surface area contributed by atoms with E-state index in [0.29, 0.717) is 12.1 Å². The van der Waals surface area contributed by atoms with Crippen molar-refractivity contribution in [1.29, 1.82) is 0 Å². The van der Waals surface area contributed by atoms with Gasteiger partial charge in [-0.2, -0.15) is 0 Å². The van der Waals surface area contributed by atoms with Crippen LogP contribution in [0.25, 0.3) is 0 Å². The molecule has 0 aromatic heterocycles. The van der Waals surface area contributed by atoms with Crippen LogP contribution >= 0.6 is 0 Å². The molecule has 0 saturated heterocycles. The number of carboxylic acids is 1. The summed E-state index contributed by atoms with van der Waals surface area (Å²) in [6, 6.07) is 1.10. The number of hydrogen-bond donors (Lipinski definition) is 2. The van der Waals surface area contributed by atoms with E-state index < -0.39 is 34.5 Å². The van der Waals surface area contributed by atoms with Gasteiger partial charge in [-0.05, 0) is 19.2 Å². The second-order valence-corrected chi connectivity index (χ2v) is 3.07. The van der Waals surface area contributed by atoms with E-state index in [1.165, 1.54) is 7.05 Å². The van der Waals surface area contributed by atoms with Crippen molar-refractivity contribution in [2.75, 3.05) is 13.6 Å². The number of carbonyl (C=O) groups excluding carboxylic acids is 1. The quantitative estimate of drug-likeness (QED) is 0.758. The van der Waals surface area contributed by atoms with Crippen molar-refractivity contribution in [3.05, 3.63) is 34.9 Å². The molecule has 1 aromatic rings. The third-order valence-corrected chi connectivity index (χ3v) is 1.92. The number of halogens is 2. The zero-order chi connectivity index (χ0) is 12.3. The normalized spacial score (nSPS) is 10.2. The van der Waals surface area contributed by atoms with Gasteiger partial charge in [0.05, 0.1) is 17.7 Å². The summed E-state index contributed by atoms with van der Waals surface area (Å²) in [6.07, 6.45) is 0. The maximum Gasteiger partial charge on any atom is 0.338 e. The van der Waals surface area contributed by atoms with Crippen LogP contribution in [0.2, 0.25) is 0 Å². The van der Waals surface area contributed by atoms with Crippen molar-refractivity contribution in [1.82, 2.24) is 5.32 Å². The minimum absolute atomic E-state index is 0.150. The minimum Gasteiger partial charge on any atom is -0.478 e. The highest BCUT2D eigenvalue weighted by molar-refractivity contribution is 5.99. The van der Waals surface area contributed by atoms with Crippen molar-refractivity contribution >= 4 is 11.8 Å². The summed E-state index contributed by atoms with van der Waals surface area (Å²) in [4.78, 5) is 21.8. The molecule has 0 spiro atoms. The number of carbonyl (C=O) groups is 2. The summed E-state index contributed by atoms with van der Waals surface area (Å²) in [5.41, 5.74) is -1.25. The number of rotatable bonds is 4. The topological polar surface area (TPSA) is 66.4 Å². The van der Waals surface area contributed by atoms with Crippen LogP contribution in [0.4, 0.5) is 8.78 Å². The lowest BCUT2D eigenvalue weighted by Gasteiger charge is -2.04. The van der Waals surface area contributed by atoms with Crippen LogP contribution < -0.4 is 5.32 Å². The summed E-state index contributed by atoms with van der Waals surface area (Å²) in [6.45, 7) is -0.150. The fraction of sp³-hybridized carbons (Fsp3) is 0.200. The first-order chi connectivity index (χ1) is 7.47. The molecule has 1 aromatic carbocycles. The molecule has 86 valence electrons. The summed E-state index contributed by atoms with van der Waals surface area (Å²) in [7, 11) is 1.48. The van der Waals surface area contributed by atoms with Gasteiger partial charge in [0.25, 0.3) is 0 Å². The van der Waals surface area contributed by atoms with Gasteiger partial charge in [0, 0.05) is 0 Å². The highest BCUT2D eigenvalue weighted by Crippen LogP contribution is 2.15. The van der Waals surface area contributed by atoms with Gasteiger partial charge in [0.1, 0.15) is 11.6 Å². The molecule has 0 aliphatic rings. The summed E-state index contributed by atoms with van der Waals surface area (Å²) in [5.74, 6) is -4.40. The molecule has 0 unspecified atom stereocenters. The highest BCUT2D eigenvalue weighted by atomic mass is 19.1. The second kappa shape index (κ2) is 4.80. The standard InChI is InChI=1S/C10H9F2NO3/c1-13-4-9(14)5-2-8(12)6(10(15)16)3-7(5)11/h2-3,13H,4H2,1H3,(H,15,16). The number of nitrogens with one attached hydrogen (secondary N) is 1. The Hall–Kier alpha value is -1.82. The van der Waals surface area contributed by atoms with Gasteiger partial charge in [-0.25, -0.2) is 13.6 Å². The number of likely N-dealkylation sites (N-methyl/N-ethyl adjacent to an activating group) is 1. The largest absolute Gasteiger partial charge is 0.478 e. The van der Waals surface area contributed by atoms with Gasteiger partial charge in [-0.1, -0.05) is 0 Å². The first-order valence-electron chi connectivity index (χ1n) is 4.37. The molecule has 4 nitrogen and oxygen atoms in total. The Kier molecular flexibility index (Phi) is 3.68. The predicted octanol–water partition coefficient (Wildman–Crippen LogP) is 1.07. The van der Waals surface area contributed by atoms with Crippen LogP contribution in [0, 0.1) is 11.6 Å². The van der Waals surface area contributed by atoms with E-state index in [1.807, 2.05) is 0 Å². The Bertz CT molecular complexity index is 446. The number of aromatic carboxylic acids is 1. The molecule has 0 atom stereocenters. The van der Waals surface area contributed by atoms with Gasteiger partial charge < -0.3 is 10.4 Å². The average Bonchev–Trinajstić information content (AvgIpc) is 2.20. The van der Waals surface area contributed by atoms with E-state index >= 15 is 0 Å². The van der Waals surface area contributed by atoms with Crippen molar-refractivity contribution in [3.8, 4) is 0 Å². The van der Waals surface area contributed by atoms with Crippen LogP contribution in [0.5, 0.6) is 0 Å². The van der Waals surface area contributed by atoms with E-state index in [-0.39, 0.29) is 6.54 Å². The summed E-state index contributed by atoms with van der Waals surface area (Å²) in [5, 5.41) is 11.0. The minimum atomic E-state index is -1.58. The molecule has 0 radical (unpaired) electrons. The van der Waals surface area contributed by atoms with Gasteiger partial charge in [-0.3, -0.25) is 4.79 Å². The van der Waals surface area contributed by atoms with Crippen molar-refractivity contribution < 1.29 is 23.5 Å². The van der Waals surface area contributed by atoms with Crippen LogP contribution in [0.1, 0.15) is 20.7 Å². The fourth-order valence-corrected chi connectivity index (χ4v) is 1.18. The van der Waals surface area contributed by atoms with E-state index in [2.05, 4.69) is 5.32 Å². The molecule has 0 aliphatic carbocycles. The Morgan fingerprint density at radius 3 is 2.25 bits per heavy atom. The van der Waals surface area contributed by atoms with E-state index in [9.17, 15) is 18.4 Å². The maximum atomic E-state index is 13.3. The smallest absolute Gasteiger partial charge is 0.338 e. The van der Waals surface area contributed by atoms with Crippen LogP contribution in [-0.2, 0) is 0 Å². The number of Topliss-reactive ketones (excluding diaryl/α,β-unsaturated/α-hetero) is 1. The predicted molar refractivity (Wildman–Crippen MR) is 51.6 cm³/mol. The van der Waals surface area contributed by atoms with Gasteiger partial charge in [-0.15, -0.1) is 0 Å². The van der Waals surface area contributed by atoms with Gasteiger partial charge in [0.15, 0.2) is 5.78 Å². The number of hydrogen-bond acceptors (Lipinski definition) is 3. The molecular weight excluding hydrogens is 220 g/mol. The van der Waals surface area contributed by atoms with Crippen molar-refractivity contribution in [2.24, 2.45) is 0 Å². The van der Waals surface area contributed by atoms with E-state index in [4.69, 9.17) is 5.11 Å². The summed E-state index contributed by atoms with van der Waals surface area (Å²) < 4.78 is 26.4. The molecule has 0 aliphatic heterocycles. The van der Waals surface area contributed by atoms with Crippen LogP contribution in [-0.4, -0.2) is 30.5 Å². The molecular formula is C10H9F2NO3. The Morgan fingerprint density at radius 2 is 1.75 bits per heavy atom. The second-order valence-electron chi connectivity index (χ2n) is 3.07. The third kappa shape index (κ3) is 2.40. The SMILES string of the molecule is CNCC(=O)c1cc(F)c(C(=O)O)cc1F. The number of ketones is 1. The zero-order valence-corrected chi connectivity index (χ0v) is 8.38. The van der Waals surface area contributed by atoms with Crippen LogP contribution in [0.3, 0.4) is 0 Å². The van der Waals surface area contributed by atoms with Crippen molar-refractivity contribution in [3.63, 3.8) is 0 Å². The Morgan fingerprint density at radius 1 is 1.25 bits per heavy atom. The highest BCUT2D eigenvalue weighted by Gasteiger charge is 2.18. The lowest BCUT2D eigenvalue weighted by atomic mass is 10.1. The molecule has 2 N–H and O–H groups in total. The third-order valence-electron chi connectivity index (χ3n) is 1.92. The molecule has 0 saturated carbocycles. The Balaban J connectivity index is 3.20. The summed E-state index contributed by atoms with van der Waals surface area (Å²) >= 11 is 0. The first-order valence-corrected chi connectivity index (χ1v) is 4.37. The zero-order valence-electron chi connectivity index (χ0n) is 8.38.